The van der Waals surface area contributed by atoms with Gasteiger partial charge in [-0.25, -0.2) is 4.98 Å². The van der Waals surface area contributed by atoms with Gasteiger partial charge in [-0.2, -0.15) is 0 Å². The van der Waals surface area contributed by atoms with Crippen molar-refractivity contribution >= 4 is 23.2 Å². The van der Waals surface area contributed by atoms with E-state index in [0.717, 1.165) is 17.8 Å². The number of piperidine rings is 1. The van der Waals surface area contributed by atoms with Gasteiger partial charge in [0.1, 0.15) is 0 Å². The predicted molar refractivity (Wildman–Crippen MR) is 82.8 cm³/mol. The summed E-state index contributed by atoms with van der Waals surface area (Å²) >= 11 is 12.3. The Kier molecular flexibility index (Phi) is 4.01. The molecule has 2 unspecified atom stereocenters. The Morgan fingerprint density at radius 2 is 2.15 bits per heavy atom. The van der Waals surface area contributed by atoms with E-state index in [1.54, 1.807) is 6.07 Å². The van der Waals surface area contributed by atoms with E-state index >= 15 is 0 Å². The van der Waals surface area contributed by atoms with Gasteiger partial charge in [0.25, 0.3) is 0 Å². The van der Waals surface area contributed by atoms with Gasteiger partial charge >= 0.3 is 0 Å². The molecule has 106 valence electrons. The molecule has 1 aromatic carbocycles. The van der Waals surface area contributed by atoms with Crippen molar-refractivity contribution < 1.29 is 0 Å². The zero-order valence-electron chi connectivity index (χ0n) is 11.3. The molecule has 1 fully saturated rings. The number of hydrogen-bond acceptors (Lipinski definition) is 2. The van der Waals surface area contributed by atoms with Gasteiger partial charge in [-0.05, 0) is 44.4 Å². The minimum atomic E-state index is 0.327. The van der Waals surface area contributed by atoms with Crippen LogP contribution >= 0.6 is 23.2 Å². The molecule has 0 saturated carbocycles. The second-order valence-corrected chi connectivity index (χ2v) is 6.18. The van der Waals surface area contributed by atoms with E-state index in [9.17, 15) is 0 Å². The van der Waals surface area contributed by atoms with Crippen LogP contribution in [0.4, 0.5) is 0 Å². The Morgan fingerprint density at radius 1 is 1.30 bits per heavy atom. The fraction of sp³-hybridized carbons (Fsp3) is 0.400. The molecule has 3 nitrogen and oxygen atoms in total. The maximum Gasteiger partial charge on any atom is 0.0995 e. The summed E-state index contributed by atoms with van der Waals surface area (Å²) in [7, 11) is 0. The molecule has 1 saturated heterocycles. The second kappa shape index (κ2) is 5.76. The molecule has 0 amide bonds. The van der Waals surface area contributed by atoms with E-state index in [0.29, 0.717) is 22.1 Å². The van der Waals surface area contributed by atoms with Crippen LogP contribution in [0.2, 0.25) is 10.0 Å². The largest absolute Gasteiger partial charge is 0.306 e. The van der Waals surface area contributed by atoms with Crippen LogP contribution in [0.5, 0.6) is 0 Å². The van der Waals surface area contributed by atoms with Crippen molar-refractivity contribution in [2.75, 3.05) is 0 Å². The number of benzene rings is 1. The lowest BCUT2D eigenvalue weighted by atomic mass is 9.97. The Labute approximate surface area is 128 Å². The molecule has 2 aromatic rings. The minimum absolute atomic E-state index is 0.327. The average molecular weight is 310 g/mol. The van der Waals surface area contributed by atoms with Crippen molar-refractivity contribution in [2.24, 2.45) is 0 Å². The molecule has 1 aliphatic heterocycles. The first kappa shape index (κ1) is 13.9. The summed E-state index contributed by atoms with van der Waals surface area (Å²) in [4.78, 5) is 4.29. The number of hydrogen-bond donors (Lipinski definition) is 1. The van der Waals surface area contributed by atoms with Gasteiger partial charge in [-0.1, -0.05) is 23.2 Å². The van der Waals surface area contributed by atoms with Crippen LogP contribution in [0.3, 0.4) is 0 Å². The van der Waals surface area contributed by atoms with Crippen molar-refractivity contribution in [3.63, 3.8) is 0 Å². The molecular weight excluding hydrogens is 293 g/mol. The van der Waals surface area contributed by atoms with Gasteiger partial charge in [-0.15, -0.1) is 0 Å². The average Bonchev–Trinajstić information content (AvgIpc) is 2.87. The highest BCUT2D eigenvalue weighted by molar-refractivity contribution is 6.35. The van der Waals surface area contributed by atoms with E-state index in [1.807, 2.05) is 29.2 Å². The summed E-state index contributed by atoms with van der Waals surface area (Å²) in [5, 5.41) is 4.91. The standard InChI is InChI=1S/C15H17Cl2N3/c1-10-3-2-4-13(19-10)15-8-18-9-20(15)14-6-5-11(16)7-12(14)17/h5-10,13,19H,2-4H2,1H3. The third kappa shape index (κ3) is 2.71. The first-order valence-electron chi connectivity index (χ1n) is 6.89. The van der Waals surface area contributed by atoms with Crippen LogP contribution < -0.4 is 5.32 Å². The quantitative estimate of drug-likeness (QED) is 0.892. The Hall–Kier alpha value is -1.03. The molecule has 0 bridgehead atoms. The third-order valence-corrected chi connectivity index (χ3v) is 4.35. The van der Waals surface area contributed by atoms with Crippen molar-refractivity contribution in [1.29, 1.82) is 0 Å². The second-order valence-electron chi connectivity index (χ2n) is 5.34. The number of nitrogens with zero attached hydrogens (tertiary/aromatic N) is 2. The third-order valence-electron chi connectivity index (χ3n) is 3.81. The summed E-state index contributed by atoms with van der Waals surface area (Å²) in [6.45, 7) is 2.22. The lowest BCUT2D eigenvalue weighted by Crippen LogP contribution is -2.35. The Morgan fingerprint density at radius 3 is 2.90 bits per heavy atom. The van der Waals surface area contributed by atoms with E-state index < -0.39 is 0 Å². The van der Waals surface area contributed by atoms with Crippen molar-refractivity contribution in [3.8, 4) is 5.69 Å². The van der Waals surface area contributed by atoms with Crippen molar-refractivity contribution in [1.82, 2.24) is 14.9 Å². The van der Waals surface area contributed by atoms with E-state index in [2.05, 4.69) is 17.2 Å². The van der Waals surface area contributed by atoms with Gasteiger partial charge in [-0.3, -0.25) is 0 Å². The highest BCUT2D eigenvalue weighted by atomic mass is 35.5. The maximum atomic E-state index is 6.31. The van der Waals surface area contributed by atoms with Crippen LogP contribution in [0, 0.1) is 0 Å². The lowest BCUT2D eigenvalue weighted by molar-refractivity contribution is 0.334. The van der Waals surface area contributed by atoms with Crippen molar-refractivity contribution in [3.05, 3.63) is 46.5 Å². The van der Waals surface area contributed by atoms with E-state index in [1.165, 1.54) is 12.8 Å². The molecule has 1 N–H and O–H groups in total. The molecule has 0 aliphatic carbocycles. The normalized spacial score (nSPS) is 22.9. The summed E-state index contributed by atoms with van der Waals surface area (Å²) < 4.78 is 2.05. The molecule has 3 rings (SSSR count). The summed E-state index contributed by atoms with van der Waals surface area (Å²) in [6, 6.07) is 6.41. The summed E-state index contributed by atoms with van der Waals surface area (Å²) in [5.74, 6) is 0. The number of halogens is 2. The fourth-order valence-electron chi connectivity index (χ4n) is 2.81. The first-order valence-corrected chi connectivity index (χ1v) is 7.64. The fourth-order valence-corrected chi connectivity index (χ4v) is 3.31. The molecule has 2 heterocycles. The summed E-state index contributed by atoms with van der Waals surface area (Å²) in [5.41, 5.74) is 2.07. The predicted octanol–water partition coefficient (Wildman–Crippen LogP) is 4.38. The smallest absolute Gasteiger partial charge is 0.0995 e. The molecule has 2 atom stereocenters. The van der Waals surface area contributed by atoms with Crippen LogP contribution in [-0.4, -0.2) is 15.6 Å². The molecule has 0 radical (unpaired) electrons. The van der Waals surface area contributed by atoms with Crippen LogP contribution in [0.25, 0.3) is 5.69 Å². The topological polar surface area (TPSA) is 29.9 Å². The molecule has 5 heteroatoms. The minimum Gasteiger partial charge on any atom is -0.306 e. The molecular formula is C15H17Cl2N3. The maximum absolute atomic E-state index is 6.31. The number of nitrogens with one attached hydrogen (secondary N) is 1. The molecule has 0 spiro atoms. The number of aromatic nitrogens is 2. The summed E-state index contributed by atoms with van der Waals surface area (Å²) in [6.07, 6.45) is 7.32. The van der Waals surface area contributed by atoms with E-state index in [4.69, 9.17) is 23.2 Å². The first-order chi connectivity index (χ1) is 9.65. The Balaban J connectivity index is 1.97. The molecule has 1 aromatic heterocycles. The van der Waals surface area contributed by atoms with Crippen molar-refractivity contribution in [2.45, 2.75) is 38.3 Å². The van der Waals surface area contributed by atoms with Gasteiger partial charge in [0.15, 0.2) is 0 Å². The van der Waals surface area contributed by atoms with Crippen LogP contribution in [0.15, 0.2) is 30.7 Å². The Bertz CT molecular complexity index is 609. The van der Waals surface area contributed by atoms with Gasteiger partial charge in [0.05, 0.1) is 28.9 Å². The number of imidazole rings is 1. The molecule has 1 aliphatic rings. The number of rotatable bonds is 2. The SMILES string of the molecule is CC1CCCC(c2cncn2-c2ccc(Cl)cc2Cl)N1. The van der Waals surface area contributed by atoms with Crippen LogP contribution in [-0.2, 0) is 0 Å². The van der Waals surface area contributed by atoms with Gasteiger partial charge < -0.3 is 9.88 Å². The zero-order chi connectivity index (χ0) is 14.1. The van der Waals surface area contributed by atoms with Gasteiger partial charge in [0.2, 0.25) is 0 Å². The lowest BCUT2D eigenvalue weighted by Gasteiger charge is -2.29. The van der Waals surface area contributed by atoms with E-state index in [-0.39, 0.29) is 0 Å². The highest BCUT2D eigenvalue weighted by Crippen LogP contribution is 2.30. The highest BCUT2D eigenvalue weighted by Gasteiger charge is 2.23. The van der Waals surface area contributed by atoms with Crippen LogP contribution in [0.1, 0.15) is 37.9 Å². The molecule has 20 heavy (non-hydrogen) atoms. The monoisotopic (exact) mass is 309 g/mol. The zero-order valence-corrected chi connectivity index (χ0v) is 12.8. The van der Waals surface area contributed by atoms with Gasteiger partial charge in [0, 0.05) is 17.1 Å².